The highest BCUT2D eigenvalue weighted by Crippen LogP contribution is 2.30. The standard InChI is InChI=1S/C19H22N4O4/c20-19(24)15-6-7-16(18(12-15)23(25)26)21-17(14-4-2-1-3-5-14)13-22-8-10-27-11-9-22/h1-7,12,17,21H,8-11,13H2,(H2,20,24). The number of nitrogens with one attached hydrogen (secondary N) is 1. The molecule has 1 atom stereocenters. The van der Waals surface area contributed by atoms with Crippen molar-refractivity contribution in [3.05, 3.63) is 69.8 Å². The number of amides is 1. The molecule has 0 aromatic heterocycles. The third-order valence-electron chi connectivity index (χ3n) is 4.56. The van der Waals surface area contributed by atoms with Crippen molar-refractivity contribution < 1.29 is 14.5 Å². The molecule has 8 heteroatoms. The maximum atomic E-state index is 11.5. The van der Waals surface area contributed by atoms with Crippen LogP contribution < -0.4 is 11.1 Å². The van der Waals surface area contributed by atoms with Crippen molar-refractivity contribution in [2.45, 2.75) is 6.04 Å². The molecule has 3 rings (SSSR count). The maximum absolute atomic E-state index is 11.5. The van der Waals surface area contributed by atoms with Gasteiger partial charge in [-0.15, -0.1) is 0 Å². The fourth-order valence-corrected chi connectivity index (χ4v) is 3.11. The van der Waals surface area contributed by atoms with Crippen molar-refractivity contribution in [2.75, 3.05) is 38.2 Å². The number of primary amides is 1. The highest BCUT2D eigenvalue weighted by molar-refractivity contribution is 5.94. The van der Waals surface area contributed by atoms with Gasteiger partial charge < -0.3 is 15.8 Å². The topological polar surface area (TPSA) is 111 Å². The average molecular weight is 370 g/mol. The molecular weight excluding hydrogens is 348 g/mol. The molecule has 1 aliphatic heterocycles. The van der Waals surface area contributed by atoms with Crippen LogP contribution >= 0.6 is 0 Å². The second kappa shape index (κ2) is 8.61. The molecule has 1 unspecified atom stereocenters. The molecule has 0 aliphatic carbocycles. The Morgan fingerprint density at radius 2 is 1.93 bits per heavy atom. The van der Waals surface area contributed by atoms with Crippen molar-refractivity contribution in [1.29, 1.82) is 0 Å². The van der Waals surface area contributed by atoms with Crippen LogP contribution in [0.3, 0.4) is 0 Å². The van der Waals surface area contributed by atoms with Crippen LogP contribution in [0, 0.1) is 10.1 Å². The minimum atomic E-state index is -0.697. The monoisotopic (exact) mass is 370 g/mol. The van der Waals surface area contributed by atoms with Gasteiger partial charge in [0, 0.05) is 31.3 Å². The Kier molecular flexibility index (Phi) is 6.00. The van der Waals surface area contributed by atoms with Gasteiger partial charge >= 0.3 is 0 Å². The molecule has 0 bridgehead atoms. The first kappa shape index (κ1) is 18.8. The lowest BCUT2D eigenvalue weighted by atomic mass is 10.0. The van der Waals surface area contributed by atoms with Crippen LogP contribution in [0.2, 0.25) is 0 Å². The summed E-state index contributed by atoms with van der Waals surface area (Å²) < 4.78 is 5.40. The van der Waals surface area contributed by atoms with Crippen LogP contribution in [0.15, 0.2) is 48.5 Å². The van der Waals surface area contributed by atoms with Crippen molar-refractivity contribution in [3.8, 4) is 0 Å². The first-order valence-corrected chi connectivity index (χ1v) is 8.74. The number of carbonyl (C=O) groups excluding carboxylic acids is 1. The molecule has 2 aromatic rings. The molecule has 142 valence electrons. The highest BCUT2D eigenvalue weighted by Gasteiger charge is 2.23. The summed E-state index contributed by atoms with van der Waals surface area (Å²) in [5.74, 6) is -0.697. The molecule has 1 fully saturated rings. The number of nitrogens with two attached hydrogens (primary N) is 1. The van der Waals surface area contributed by atoms with E-state index < -0.39 is 10.8 Å². The van der Waals surface area contributed by atoms with Crippen LogP contribution in [0.1, 0.15) is 22.0 Å². The number of rotatable bonds is 7. The summed E-state index contributed by atoms with van der Waals surface area (Å²) in [7, 11) is 0. The number of nitro benzene ring substituents is 1. The smallest absolute Gasteiger partial charge is 0.293 e. The lowest BCUT2D eigenvalue weighted by Crippen LogP contribution is -2.40. The van der Waals surface area contributed by atoms with Gasteiger partial charge in [0.2, 0.25) is 5.91 Å². The molecule has 0 radical (unpaired) electrons. The second-order valence-electron chi connectivity index (χ2n) is 6.37. The van der Waals surface area contributed by atoms with Gasteiger partial charge in [-0.25, -0.2) is 0 Å². The van der Waals surface area contributed by atoms with Crippen molar-refractivity contribution in [2.24, 2.45) is 5.73 Å². The van der Waals surface area contributed by atoms with E-state index in [1.54, 1.807) is 0 Å². The van der Waals surface area contributed by atoms with Crippen molar-refractivity contribution in [3.63, 3.8) is 0 Å². The average Bonchev–Trinajstić information content (AvgIpc) is 2.69. The Morgan fingerprint density at radius 1 is 1.22 bits per heavy atom. The van der Waals surface area contributed by atoms with Gasteiger partial charge in [0.25, 0.3) is 5.69 Å². The van der Waals surface area contributed by atoms with Crippen LogP contribution in [0.4, 0.5) is 11.4 Å². The number of ether oxygens (including phenoxy) is 1. The summed E-state index contributed by atoms with van der Waals surface area (Å²) in [5, 5.41) is 14.8. The highest BCUT2D eigenvalue weighted by atomic mass is 16.6. The third-order valence-corrected chi connectivity index (χ3v) is 4.56. The fraction of sp³-hybridized carbons (Fsp3) is 0.316. The quantitative estimate of drug-likeness (QED) is 0.571. The van der Waals surface area contributed by atoms with Gasteiger partial charge in [-0.2, -0.15) is 0 Å². The SMILES string of the molecule is NC(=O)c1ccc(NC(CN2CCOCC2)c2ccccc2)c([N+](=O)[O-])c1. The lowest BCUT2D eigenvalue weighted by Gasteiger charge is -2.31. The molecule has 1 aliphatic rings. The van der Waals surface area contributed by atoms with Gasteiger partial charge in [0.15, 0.2) is 0 Å². The van der Waals surface area contributed by atoms with Crippen LogP contribution in [0.25, 0.3) is 0 Å². The minimum absolute atomic E-state index is 0.108. The van der Waals surface area contributed by atoms with Crippen molar-refractivity contribution in [1.82, 2.24) is 4.90 Å². The van der Waals surface area contributed by atoms with Gasteiger partial charge in [0.05, 0.1) is 24.2 Å². The van der Waals surface area contributed by atoms with Crippen LogP contribution in [-0.2, 0) is 4.74 Å². The van der Waals surface area contributed by atoms with E-state index in [1.807, 2.05) is 30.3 Å². The van der Waals surface area contributed by atoms with Gasteiger partial charge in [-0.05, 0) is 17.7 Å². The normalized spacial score (nSPS) is 15.9. The van der Waals surface area contributed by atoms with Gasteiger partial charge in [0.1, 0.15) is 5.69 Å². The molecule has 2 aromatic carbocycles. The number of carbonyl (C=O) groups is 1. The van der Waals surface area contributed by atoms with E-state index in [0.29, 0.717) is 25.4 Å². The number of benzene rings is 2. The van der Waals surface area contributed by atoms with E-state index in [4.69, 9.17) is 10.5 Å². The third kappa shape index (κ3) is 4.81. The number of nitrogens with zero attached hydrogens (tertiary/aromatic N) is 2. The van der Waals surface area contributed by atoms with E-state index in [9.17, 15) is 14.9 Å². The molecule has 8 nitrogen and oxygen atoms in total. The lowest BCUT2D eigenvalue weighted by molar-refractivity contribution is -0.384. The first-order valence-electron chi connectivity index (χ1n) is 8.74. The summed E-state index contributed by atoms with van der Waals surface area (Å²) in [6.45, 7) is 3.66. The number of nitro groups is 1. The molecule has 0 saturated carbocycles. The maximum Gasteiger partial charge on any atom is 0.293 e. The summed E-state index contributed by atoms with van der Waals surface area (Å²) in [6.07, 6.45) is 0. The number of morpholine rings is 1. The van der Waals surface area contributed by atoms with E-state index in [1.165, 1.54) is 18.2 Å². The Hall–Kier alpha value is -2.97. The zero-order chi connectivity index (χ0) is 19.2. The second-order valence-corrected chi connectivity index (χ2v) is 6.37. The van der Waals surface area contributed by atoms with E-state index in [2.05, 4.69) is 10.2 Å². The fourth-order valence-electron chi connectivity index (χ4n) is 3.11. The molecule has 27 heavy (non-hydrogen) atoms. The summed E-state index contributed by atoms with van der Waals surface area (Å²) in [6, 6.07) is 13.9. The largest absolute Gasteiger partial charge is 0.379 e. The zero-order valence-corrected chi connectivity index (χ0v) is 14.8. The number of hydrogen-bond donors (Lipinski definition) is 2. The summed E-state index contributed by atoms with van der Waals surface area (Å²) >= 11 is 0. The molecule has 0 spiro atoms. The molecular formula is C19H22N4O4. The van der Waals surface area contributed by atoms with E-state index >= 15 is 0 Å². The Balaban J connectivity index is 1.89. The summed E-state index contributed by atoms with van der Waals surface area (Å²) in [4.78, 5) is 24.6. The molecule has 3 N–H and O–H groups in total. The van der Waals surface area contributed by atoms with E-state index in [-0.39, 0.29) is 17.3 Å². The minimum Gasteiger partial charge on any atom is -0.379 e. The number of anilines is 1. The Labute approximate surface area is 157 Å². The van der Waals surface area contributed by atoms with Crippen molar-refractivity contribution >= 4 is 17.3 Å². The first-order chi connectivity index (χ1) is 13.0. The zero-order valence-electron chi connectivity index (χ0n) is 14.8. The predicted molar refractivity (Wildman–Crippen MR) is 102 cm³/mol. The molecule has 1 heterocycles. The Bertz CT molecular complexity index is 807. The summed E-state index contributed by atoms with van der Waals surface area (Å²) in [5.41, 5.74) is 6.56. The Morgan fingerprint density at radius 3 is 2.56 bits per heavy atom. The number of hydrogen-bond acceptors (Lipinski definition) is 6. The van der Waals surface area contributed by atoms with Crippen LogP contribution in [-0.4, -0.2) is 48.6 Å². The van der Waals surface area contributed by atoms with Crippen LogP contribution in [0.5, 0.6) is 0 Å². The molecule has 1 amide bonds. The molecule has 1 saturated heterocycles. The van der Waals surface area contributed by atoms with E-state index in [0.717, 1.165) is 18.7 Å². The van der Waals surface area contributed by atoms with Gasteiger partial charge in [-0.3, -0.25) is 19.8 Å². The predicted octanol–water partition coefficient (Wildman–Crippen LogP) is 2.18. The van der Waals surface area contributed by atoms with Gasteiger partial charge in [-0.1, -0.05) is 30.3 Å².